The third kappa shape index (κ3) is 3.55. The zero-order valence-corrected chi connectivity index (χ0v) is 12.6. The number of ether oxygens (including phenoxy) is 1. The summed E-state index contributed by atoms with van der Waals surface area (Å²) < 4.78 is 70.3. The molecule has 130 valence electrons. The molecule has 1 heterocycles. The number of benzene rings is 1. The summed E-state index contributed by atoms with van der Waals surface area (Å²) >= 11 is 0. The lowest BCUT2D eigenvalue weighted by Gasteiger charge is -2.16. The van der Waals surface area contributed by atoms with Gasteiger partial charge in [-0.25, -0.2) is 13.5 Å². The first-order valence-corrected chi connectivity index (χ1v) is 6.80. The molecule has 0 aliphatic carbocycles. The van der Waals surface area contributed by atoms with Gasteiger partial charge in [0.25, 0.3) is 6.43 Å². The molecule has 1 atom stereocenters. The summed E-state index contributed by atoms with van der Waals surface area (Å²) in [7, 11) is 1.29. The van der Waals surface area contributed by atoms with E-state index in [-0.39, 0.29) is 23.5 Å². The van der Waals surface area contributed by atoms with Gasteiger partial charge in [-0.2, -0.15) is 18.3 Å². The number of hydrogen-bond donors (Lipinski definition) is 0. The maximum atomic E-state index is 12.8. The molecule has 0 amide bonds. The highest BCUT2D eigenvalue weighted by molar-refractivity contribution is 5.80. The fraction of sp³-hybridized carbons (Fsp3) is 0.333. The second-order valence-electron chi connectivity index (χ2n) is 5.08. The van der Waals surface area contributed by atoms with Gasteiger partial charge in [-0.1, -0.05) is 12.1 Å². The lowest BCUT2D eigenvalue weighted by atomic mass is 10.0. The molecule has 24 heavy (non-hydrogen) atoms. The smallest absolute Gasteiger partial charge is 0.395 e. The van der Waals surface area contributed by atoms with Crippen LogP contribution < -0.4 is 4.74 Å². The lowest BCUT2D eigenvalue weighted by molar-refractivity contribution is -0.146. The van der Waals surface area contributed by atoms with Crippen LogP contribution in [0.5, 0.6) is 11.6 Å². The third-order valence-corrected chi connectivity index (χ3v) is 3.45. The van der Waals surface area contributed by atoms with Crippen LogP contribution in [0.2, 0.25) is 0 Å². The van der Waals surface area contributed by atoms with Crippen LogP contribution in [-0.4, -0.2) is 22.2 Å². The monoisotopic (exact) mass is 348 g/mol. The van der Waals surface area contributed by atoms with Crippen molar-refractivity contribution in [3.8, 4) is 11.6 Å². The van der Waals surface area contributed by atoms with Crippen molar-refractivity contribution in [2.24, 2.45) is 7.05 Å². The van der Waals surface area contributed by atoms with E-state index in [1.807, 2.05) is 0 Å². The van der Waals surface area contributed by atoms with Gasteiger partial charge in [-0.3, -0.25) is 4.79 Å². The first kappa shape index (κ1) is 17.9. The summed E-state index contributed by atoms with van der Waals surface area (Å²) in [5.41, 5.74) is -1.24. The molecule has 1 aromatic heterocycles. The minimum absolute atomic E-state index is 0.0180. The fourth-order valence-corrected chi connectivity index (χ4v) is 2.09. The second-order valence-corrected chi connectivity index (χ2v) is 5.08. The number of hydrogen-bond acceptors (Lipinski definition) is 3. The Morgan fingerprint density at radius 3 is 2.50 bits per heavy atom. The average Bonchev–Trinajstić information content (AvgIpc) is 2.82. The first-order chi connectivity index (χ1) is 11.1. The van der Waals surface area contributed by atoms with Gasteiger partial charge < -0.3 is 4.74 Å². The summed E-state index contributed by atoms with van der Waals surface area (Å²) in [5.74, 6) is -2.01. The molecule has 1 unspecified atom stereocenters. The molecular formula is C15H13F5N2O2. The molecular weight excluding hydrogens is 335 g/mol. The van der Waals surface area contributed by atoms with E-state index >= 15 is 0 Å². The molecule has 1 aromatic carbocycles. The van der Waals surface area contributed by atoms with Gasteiger partial charge >= 0.3 is 6.18 Å². The Bertz CT molecular complexity index is 740. The quantitative estimate of drug-likeness (QED) is 0.585. The number of carbonyl (C=O) groups is 1. The van der Waals surface area contributed by atoms with E-state index in [0.29, 0.717) is 0 Å². The normalized spacial score (nSPS) is 13.2. The SMILES string of the molecule is CC(c1cccc(Oc2c(C=O)c(C(F)F)nn2C)c1)C(F)(F)F. The van der Waals surface area contributed by atoms with Crippen molar-refractivity contribution in [2.75, 3.05) is 0 Å². The van der Waals surface area contributed by atoms with Crippen LogP contribution >= 0.6 is 0 Å². The topological polar surface area (TPSA) is 44.1 Å². The van der Waals surface area contributed by atoms with Crippen LogP contribution in [0.25, 0.3) is 0 Å². The van der Waals surface area contributed by atoms with E-state index < -0.39 is 29.8 Å². The molecule has 2 rings (SSSR count). The first-order valence-electron chi connectivity index (χ1n) is 6.80. The van der Waals surface area contributed by atoms with Crippen LogP contribution in [0.15, 0.2) is 24.3 Å². The fourth-order valence-electron chi connectivity index (χ4n) is 2.09. The highest BCUT2D eigenvalue weighted by Crippen LogP contribution is 2.37. The zero-order chi connectivity index (χ0) is 18.1. The molecule has 0 spiro atoms. The minimum atomic E-state index is -4.43. The highest BCUT2D eigenvalue weighted by Gasteiger charge is 2.37. The van der Waals surface area contributed by atoms with Gasteiger partial charge in [-0.05, 0) is 24.6 Å². The number of rotatable bonds is 5. The number of halogens is 5. The van der Waals surface area contributed by atoms with Crippen molar-refractivity contribution in [3.63, 3.8) is 0 Å². The average molecular weight is 348 g/mol. The second kappa shape index (κ2) is 6.58. The van der Waals surface area contributed by atoms with Crippen molar-refractivity contribution in [1.29, 1.82) is 0 Å². The molecule has 0 saturated carbocycles. The Labute approximate surface area is 133 Å². The summed E-state index contributed by atoms with van der Waals surface area (Å²) in [6, 6.07) is 5.12. The molecule has 9 heteroatoms. The maximum Gasteiger partial charge on any atom is 0.395 e. The van der Waals surface area contributed by atoms with Crippen LogP contribution in [0, 0.1) is 0 Å². The van der Waals surface area contributed by atoms with Gasteiger partial charge in [0.15, 0.2) is 6.29 Å². The van der Waals surface area contributed by atoms with Gasteiger partial charge in [0, 0.05) is 7.05 Å². The number of aromatic nitrogens is 2. The van der Waals surface area contributed by atoms with Gasteiger partial charge in [0.1, 0.15) is 17.0 Å². The van der Waals surface area contributed by atoms with Crippen LogP contribution in [0.3, 0.4) is 0 Å². The number of aldehydes is 1. The number of carbonyl (C=O) groups excluding carboxylic acids is 1. The molecule has 4 nitrogen and oxygen atoms in total. The van der Waals surface area contributed by atoms with Crippen molar-refractivity contribution < 1.29 is 31.5 Å². The molecule has 0 radical (unpaired) electrons. The Balaban J connectivity index is 2.38. The zero-order valence-electron chi connectivity index (χ0n) is 12.6. The Morgan fingerprint density at radius 1 is 1.29 bits per heavy atom. The van der Waals surface area contributed by atoms with Crippen molar-refractivity contribution in [3.05, 3.63) is 41.1 Å². The molecule has 0 N–H and O–H groups in total. The molecule has 0 aliphatic rings. The summed E-state index contributed by atoms with van der Waals surface area (Å²) in [6.07, 6.45) is -7.24. The van der Waals surface area contributed by atoms with Crippen LogP contribution in [0.4, 0.5) is 22.0 Å². The lowest BCUT2D eigenvalue weighted by Crippen LogP contribution is -2.17. The van der Waals surface area contributed by atoms with E-state index in [0.717, 1.165) is 17.7 Å². The van der Waals surface area contributed by atoms with E-state index in [2.05, 4.69) is 5.10 Å². The molecule has 0 saturated heterocycles. The highest BCUT2D eigenvalue weighted by atomic mass is 19.4. The summed E-state index contributed by atoms with van der Waals surface area (Å²) in [6.45, 7) is 0.995. The molecule has 0 fully saturated rings. The Morgan fingerprint density at radius 2 is 1.96 bits per heavy atom. The molecule has 0 bridgehead atoms. The number of alkyl halides is 5. The third-order valence-electron chi connectivity index (χ3n) is 3.45. The molecule has 2 aromatic rings. The van der Waals surface area contributed by atoms with E-state index in [9.17, 15) is 26.7 Å². The Kier molecular flexibility index (Phi) is 4.91. The van der Waals surface area contributed by atoms with E-state index in [1.165, 1.54) is 25.2 Å². The number of aryl methyl sites for hydroxylation is 1. The maximum absolute atomic E-state index is 12.8. The predicted molar refractivity (Wildman–Crippen MR) is 74.5 cm³/mol. The van der Waals surface area contributed by atoms with Gasteiger partial charge in [0.2, 0.25) is 5.88 Å². The van der Waals surface area contributed by atoms with Gasteiger partial charge in [0.05, 0.1) is 5.92 Å². The Hall–Kier alpha value is -2.45. The summed E-state index contributed by atoms with van der Waals surface area (Å²) in [5, 5.41) is 3.50. The van der Waals surface area contributed by atoms with Crippen LogP contribution in [-0.2, 0) is 7.05 Å². The van der Waals surface area contributed by atoms with E-state index in [1.54, 1.807) is 0 Å². The van der Waals surface area contributed by atoms with Crippen molar-refractivity contribution in [2.45, 2.75) is 25.4 Å². The number of nitrogens with zero attached hydrogens (tertiary/aromatic N) is 2. The van der Waals surface area contributed by atoms with Crippen molar-refractivity contribution >= 4 is 6.29 Å². The predicted octanol–water partition coefficient (Wildman–Crippen LogP) is 4.63. The van der Waals surface area contributed by atoms with E-state index in [4.69, 9.17) is 4.74 Å². The minimum Gasteiger partial charge on any atom is -0.439 e. The standard InChI is InChI=1S/C15H13F5N2O2/c1-8(15(18,19)20)9-4-3-5-10(6-9)24-14-11(7-23)12(13(16)17)21-22(14)2/h3-8,13H,1-2H3. The van der Waals surface area contributed by atoms with Crippen molar-refractivity contribution in [1.82, 2.24) is 9.78 Å². The van der Waals surface area contributed by atoms with Crippen LogP contribution in [0.1, 0.15) is 40.9 Å². The van der Waals surface area contributed by atoms with Gasteiger partial charge in [-0.15, -0.1) is 0 Å². The molecule has 0 aliphatic heterocycles. The largest absolute Gasteiger partial charge is 0.439 e. The summed E-state index contributed by atoms with van der Waals surface area (Å²) in [4.78, 5) is 11.0.